The van der Waals surface area contributed by atoms with E-state index in [2.05, 4.69) is 5.18 Å². The van der Waals surface area contributed by atoms with Crippen molar-refractivity contribution in [2.45, 2.75) is 34.6 Å². The second kappa shape index (κ2) is 4.88. The number of nitroso groups, excluding NO2 is 1. The van der Waals surface area contributed by atoms with E-state index in [0.717, 1.165) is 0 Å². The fourth-order valence-electron chi connectivity index (χ4n) is 1.12. The number of esters is 1. The van der Waals surface area contributed by atoms with Crippen LogP contribution in [0.2, 0.25) is 0 Å². The molecule has 0 bridgehead atoms. The minimum atomic E-state index is -0.603. The van der Waals surface area contributed by atoms with Gasteiger partial charge >= 0.3 is 5.97 Å². The van der Waals surface area contributed by atoms with Crippen LogP contribution in [-0.2, 0) is 4.79 Å². The van der Waals surface area contributed by atoms with E-state index in [-0.39, 0.29) is 11.4 Å². The van der Waals surface area contributed by atoms with Crippen molar-refractivity contribution in [3.05, 3.63) is 29.2 Å². The van der Waals surface area contributed by atoms with Gasteiger partial charge in [-0.3, -0.25) is 4.79 Å². The van der Waals surface area contributed by atoms with Gasteiger partial charge in [0.25, 0.3) is 0 Å². The molecule has 0 radical (unpaired) electrons. The molecular formula is C14H19NO3. The molecule has 0 saturated carbocycles. The molecule has 0 amide bonds. The van der Waals surface area contributed by atoms with Crippen molar-refractivity contribution >= 4 is 11.7 Å². The molecule has 0 aliphatic carbocycles. The average molecular weight is 249 g/mol. The van der Waals surface area contributed by atoms with Crippen LogP contribution < -0.4 is 4.74 Å². The Balaban J connectivity index is 2.84. The number of carbonyl (C=O) groups is 1. The Morgan fingerprint density at radius 2 is 1.56 bits per heavy atom. The van der Waals surface area contributed by atoms with Gasteiger partial charge in [0, 0.05) is 0 Å². The number of ether oxygens (including phenoxy) is 1. The van der Waals surface area contributed by atoms with Crippen molar-refractivity contribution in [3.63, 3.8) is 0 Å². The Bertz CT molecular complexity index is 441. The lowest BCUT2D eigenvalue weighted by Crippen LogP contribution is -2.40. The summed E-state index contributed by atoms with van der Waals surface area (Å²) in [6.45, 7) is 9.70. The molecule has 0 aliphatic heterocycles. The Hall–Kier alpha value is -1.71. The highest BCUT2D eigenvalue weighted by Gasteiger charge is 2.41. The molecule has 0 unspecified atom stereocenters. The maximum atomic E-state index is 12.1. The molecule has 0 heterocycles. The smallest absolute Gasteiger partial charge is 0.317 e. The number of nitrogens with zero attached hydrogens (tertiary/aromatic N) is 1. The zero-order valence-electron chi connectivity index (χ0n) is 11.5. The van der Waals surface area contributed by atoms with Crippen LogP contribution in [0, 0.1) is 15.7 Å². The highest BCUT2D eigenvalue weighted by Crippen LogP contribution is 2.39. The van der Waals surface area contributed by atoms with Crippen LogP contribution in [0.3, 0.4) is 0 Å². The van der Waals surface area contributed by atoms with Gasteiger partial charge in [0.05, 0.1) is 5.41 Å². The third-order valence-electron chi connectivity index (χ3n) is 3.54. The number of carbonyl (C=O) groups excluding carboxylic acids is 1. The third kappa shape index (κ3) is 2.94. The second-order valence-corrected chi connectivity index (χ2v) is 5.85. The molecule has 0 atom stereocenters. The minimum Gasteiger partial charge on any atom is -0.426 e. The number of hydrogen-bond donors (Lipinski definition) is 0. The topological polar surface area (TPSA) is 55.7 Å². The number of benzene rings is 1. The summed E-state index contributed by atoms with van der Waals surface area (Å²) < 4.78 is 5.32. The van der Waals surface area contributed by atoms with Crippen molar-refractivity contribution in [2.24, 2.45) is 16.0 Å². The summed E-state index contributed by atoms with van der Waals surface area (Å²) in [5.74, 6) is 0.131. The van der Waals surface area contributed by atoms with Crippen LogP contribution in [0.4, 0.5) is 5.69 Å². The molecule has 0 aliphatic rings. The molecule has 4 nitrogen and oxygen atoms in total. The molecule has 1 aromatic rings. The highest BCUT2D eigenvalue weighted by molar-refractivity contribution is 5.79. The van der Waals surface area contributed by atoms with E-state index in [4.69, 9.17) is 4.74 Å². The molecule has 18 heavy (non-hydrogen) atoms. The van der Waals surface area contributed by atoms with Crippen LogP contribution in [0.15, 0.2) is 29.4 Å². The Kier molecular flexibility index (Phi) is 3.89. The van der Waals surface area contributed by atoms with Gasteiger partial charge in [0.15, 0.2) is 0 Å². The fourth-order valence-corrected chi connectivity index (χ4v) is 1.12. The zero-order valence-corrected chi connectivity index (χ0v) is 11.5. The van der Waals surface area contributed by atoms with Crippen molar-refractivity contribution in [3.8, 4) is 5.75 Å². The van der Waals surface area contributed by atoms with Crippen molar-refractivity contribution in [1.82, 2.24) is 0 Å². The Labute approximate surface area is 107 Å². The lowest BCUT2D eigenvalue weighted by atomic mass is 9.69. The van der Waals surface area contributed by atoms with E-state index in [1.165, 1.54) is 12.1 Å². The minimum absolute atomic E-state index is 0.200. The Morgan fingerprint density at radius 3 is 1.94 bits per heavy atom. The van der Waals surface area contributed by atoms with Crippen LogP contribution in [0.1, 0.15) is 34.6 Å². The summed E-state index contributed by atoms with van der Waals surface area (Å²) in [5.41, 5.74) is -0.493. The standard InChI is InChI=1S/C14H19NO3/c1-13(2,3)14(4,5)12(16)18-11-8-6-10(15-17)7-9-11/h6-9H,1-5H3. The van der Waals surface area contributed by atoms with Gasteiger partial charge in [-0.1, -0.05) is 20.8 Å². The normalized spacial score (nSPS) is 12.1. The summed E-state index contributed by atoms with van der Waals surface area (Å²) >= 11 is 0. The van der Waals surface area contributed by atoms with Gasteiger partial charge in [-0.2, -0.15) is 0 Å². The van der Waals surface area contributed by atoms with Crippen LogP contribution in [0.5, 0.6) is 5.75 Å². The van der Waals surface area contributed by atoms with Crippen LogP contribution in [-0.4, -0.2) is 5.97 Å². The maximum absolute atomic E-state index is 12.1. The van der Waals surface area contributed by atoms with Crippen molar-refractivity contribution in [2.75, 3.05) is 0 Å². The monoisotopic (exact) mass is 249 g/mol. The quantitative estimate of drug-likeness (QED) is 0.461. The molecule has 4 heteroatoms. The first-order chi connectivity index (χ1) is 8.18. The summed E-state index contributed by atoms with van der Waals surface area (Å²) in [6, 6.07) is 6.15. The second-order valence-electron chi connectivity index (χ2n) is 5.85. The van der Waals surface area contributed by atoms with Crippen LogP contribution >= 0.6 is 0 Å². The summed E-state index contributed by atoms with van der Waals surface area (Å²) in [5, 5.41) is 2.79. The lowest BCUT2D eigenvalue weighted by molar-refractivity contribution is -0.150. The SMILES string of the molecule is CC(C)(C)C(C)(C)C(=O)Oc1ccc(N=O)cc1. The van der Waals surface area contributed by atoms with Gasteiger partial charge in [0.1, 0.15) is 11.4 Å². The average Bonchev–Trinajstić information content (AvgIpc) is 2.28. The van der Waals surface area contributed by atoms with E-state index < -0.39 is 5.41 Å². The van der Waals surface area contributed by atoms with E-state index in [9.17, 15) is 9.70 Å². The number of hydrogen-bond acceptors (Lipinski definition) is 4. The van der Waals surface area contributed by atoms with Gasteiger partial charge in [-0.15, -0.1) is 4.91 Å². The third-order valence-corrected chi connectivity index (χ3v) is 3.54. The lowest BCUT2D eigenvalue weighted by Gasteiger charge is -2.36. The first-order valence-corrected chi connectivity index (χ1v) is 5.84. The van der Waals surface area contributed by atoms with Crippen LogP contribution in [0.25, 0.3) is 0 Å². The fraction of sp³-hybridized carbons (Fsp3) is 0.500. The van der Waals surface area contributed by atoms with Gasteiger partial charge in [0.2, 0.25) is 0 Å². The Morgan fingerprint density at radius 1 is 1.06 bits per heavy atom. The molecular weight excluding hydrogens is 230 g/mol. The molecule has 1 rings (SSSR count). The predicted molar refractivity (Wildman–Crippen MR) is 70.8 cm³/mol. The molecule has 0 saturated heterocycles. The molecule has 1 aromatic carbocycles. The molecule has 0 aromatic heterocycles. The van der Waals surface area contributed by atoms with Gasteiger partial charge in [-0.05, 0) is 48.7 Å². The molecule has 0 spiro atoms. The zero-order chi connectivity index (χ0) is 14.0. The summed E-state index contributed by atoms with van der Waals surface area (Å²) in [4.78, 5) is 22.4. The summed E-state index contributed by atoms with van der Waals surface area (Å²) in [7, 11) is 0. The van der Waals surface area contributed by atoms with Gasteiger partial charge in [-0.25, -0.2) is 0 Å². The predicted octanol–water partition coefficient (Wildman–Crippen LogP) is 4.06. The maximum Gasteiger partial charge on any atom is 0.317 e. The van der Waals surface area contributed by atoms with E-state index in [0.29, 0.717) is 11.4 Å². The van der Waals surface area contributed by atoms with E-state index in [1.54, 1.807) is 12.1 Å². The highest BCUT2D eigenvalue weighted by atomic mass is 16.5. The summed E-state index contributed by atoms with van der Waals surface area (Å²) in [6.07, 6.45) is 0. The van der Waals surface area contributed by atoms with E-state index in [1.807, 2.05) is 34.6 Å². The largest absolute Gasteiger partial charge is 0.426 e. The first kappa shape index (κ1) is 14.4. The van der Waals surface area contributed by atoms with Crippen molar-refractivity contribution in [1.29, 1.82) is 0 Å². The van der Waals surface area contributed by atoms with E-state index >= 15 is 0 Å². The molecule has 98 valence electrons. The van der Waals surface area contributed by atoms with Gasteiger partial charge < -0.3 is 4.74 Å². The first-order valence-electron chi connectivity index (χ1n) is 5.84. The molecule has 0 fully saturated rings. The number of rotatable bonds is 3. The van der Waals surface area contributed by atoms with Crippen molar-refractivity contribution < 1.29 is 9.53 Å². The molecule has 0 N–H and O–H groups in total.